The number of thiophene rings is 1. The third-order valence-electron chi connectivity index (χ3n) is 5.73. The molecule has 8 heteroatoms. The lowest BCUT2D eigenvalue weighted by molar-refractivity contribution is -0.128. The fraction of sp³-hybridized carbons (Fsp3) is 0.429. The van der Waals surface area contributed by atoms with Crippen LogP contribution in [0.5, 0.6) is 0 Å². The molecule has 0 radical (unpaired) electrons. The number of nitrogens with zero attached hydrogens (tertiary/aromatic N) is 1. The van der Waals surface area contributed by atoms with Crippen molar-refractivity contribution < 1.29 is 18.0 Å². The van der Waals surface area contributed by atoms with E-state index in [1.54, 1.807) is 11.8 Å². The summed E-state index contributed by atoms with van der Waals surface area (Å²) in [7, 11) is -3.14. The highest BCUT2D eigenvalue weighted by Gasteiger charge is 2.48. The first-order valence-corrected chi connectivity index (χ1v) is 12.3. The molecule has 2 aliphatic rings. The number of anilines is 1. The summed E-state index contributed by atoms with van der Waals surface area (Å²) >= 11 is 1.52. The third-order valence-corrected chi connectivity index (χ3v) is 8.58. The zero-order valence-corrected chi connectivity index (χ0v) is 18.1. The van der Waals surface area contributed by atoms with Crippen LogP contribution in [0.1, 0.15) is 36.2 Å². The van der Waals surface area contributed by atoms with E-state index in [-0.39, 0.29) is 29.7 Å². The van der Waals surface area contributed by atoms with Crippen molar-refractivity contribution in [1.82, 2.24) is 5.32 Å². The minimum atomic E-state index is -3.14. The van der Waals surface area contributed by atoms with E-state index in [9.17, 15) is 18.0 Å². The predicted molar refractivity (Wildman–Crippen MR) is 114 cm³/mol. The minimum absolute atomic E-state index is 0.0578. The number of hydrogen-bond acceptors (Lipinski definition) is 5. The van der Waals surface area contributed by atoms with Crippen LogP contribution in [0.15, 0.2) is 41.8 Å². The van der Waals surface area contributed by atoms with Gasteiger partial charge in [0.05, 0.1) is 29.0 Å². The van der Waals surface area contributed by atoms with Gasteiger partial charge < -0.3 is 10.2 Å². The highest BCUT2D eigenvalue weighted by molar-refractivity contribution is 7.91. The molecule has 0 saturated carbocycles. The molecule has 3 heterocycles. The Morgan fingerprint density at radius 2 is 1.97 bits per heavy atom. The Bertz CT molecular complexity index is 1030. The molecule has 2 saturated heterocycles. The Hall–Kier alpha value is -2.19. The normalized spacial score (nSPS) is 28.6. The monoisotopic (exact) mass is 432 g/mol. The van der Waals surface area contributed by atoms with E-state index in [2.05, 4.69) is 5.32 Å². The lowest BCUT2D eigenvalue weighted by Gasteiger charge is -2.30. The van der Waals surface area contributed by atoms with Gasteiger partial charge in [0.25, 0.3) is 0 Å². The summed E-state index contributed by atoms with van der Waals surface area (Å²) in [5, 5.41) is 4.89. The van der Waals surface area contributed by atoms with E-state index in [1.807, 2.05) is 48.7 Å². The predicted octanol–water partition coefficient (Wildman–Crippen LogP) is 2.84. The van der Waals surface area contributed by atoms with Crippen LogP contribution in [0.25, 0.3) is 0 Å². The molecule has 0 aliphatic carbocycles. The SMILES string of the molecule is Cc1ccc(N2C(=O)C[C@H](C(=O)N[C@]3(C)CCS(=O)(=O)C3)[C@H]2c2cccs2)cc1. The Kier molecular flexibility index (Phi) is 5.02. The molecule has 6 nitrogen and oxygen atoms in total. The summed E-state index contributed by atoms with van der Waals surface area (Å²) in [6, 6.07) is 11.2. The van der Waals surface area contributed by atoms with Gasteiger partial charge in [-0.25, -0.2) is 8.42 Å². The van der Waals surface area contributed by atoms with Crippen LogP contribution >= 0.6 is 11.3 Å². The Morgan fingerprint density at radius 3 is 2.55 bits per heavy atom. The summed E-state index contributed by atoms with van der Waals surface area (Å²) in [5.41, 5.74) is 1.08. The van der Waals surface area contributed by atoms with Gasteiger partial charge in [0.1, 0.15) is 0 Å². The average molecular weight is 433 g/mol. The maximum atomic E-state index is 13.2. The Morgan fingerprint density at radius 1 is 1.24 bits per heavy atom. The van der Waals surface area contributed by atoms with Crippen molar-refractivity contribution >= 4 is 38.7 Å². The van der Waals surface area contributed by atoms with E-state index in [4.69, 9.17) is 0 Å². The van der Waals surface area contributed by atoms with Gasteiger partial charge in [-0.1, -0.05) is 23.8 Å². The Balaban J connectivity index is 1.65. The van der Waals surface area contributed by atoms with Gasteiger partial charge in [-0.15, -0.1) is 11.3 Å². The highest BCUT2D eigenvalue weighted by Crippen LogP contribution is 2.43. The van der Waals surface area contributed by atoms with Gasteiger partial charge in [0.2, 0.25) is 11.8 Å². The number of hydrogen-bond donors (Lipinski definition) is 1. The smallest absolute Gasteiger partial charge is 0.228 e. The van der Waals surface area contributed by atoms with Crippen LogP contribution in [0.4, 0.5) is 5.69 Å². The Labute approximate surface area is 174 Å². The van der Waals surface area contributed by atoms with Gasteiger partial charge in [-0.2, -0.15) is 0 Å². The van der Waals surface area contributed by atoms with Crippen molar-refractivity contribution in [1.29, 1.82) is 0 Å². The minimum Gasteiger partial charge on any atom is -0.350 e. The second-order valence-electron chi connectivity index (χ2n) is 8.26. The summed E-state index contributed by atoms with van der Waals surface area (Å²) in [5.74, 6) is -0.903. The van der Waals surface area contributed by atoms with Gasteiger partial charge in [-0.05, 0) is 43.8 Å². The third kappa shape index (κ3) is 3.96. The molecule has 1 aromatic heterocycles. The fourth-order valence-electron chi connectivity index (χ4n) is 4.26. The topological polar surface area (TPSA) is 83.6 Å². The maximum absolute atomic E-state index is 13.2. The van der Waals surface area contributed by atoms with Crippen molar-refractivity contribution in [3.8, 4) is 0 Å². The summed E-state index contributed by atoms with van der Waals surface area (Å²) < 4.78 is 23.8. The fourth-order valence-corrected chi connectivity index (χ4v) is 7.24. The average Bonchev–Trinajstić information content (AvgIpc) is 3.34. The van der Waals surface area contributed by atoms with Crippen molar-refractivity contribution in [3.63, 3.8) is 0 Å². The van der Waals surface area contributed by atoms with Crippen molar-refractivity contribution in [2.45, 2.75) is 38.3 Å². The number of sulfone groups is 1. The van der Waals surface area contributed by atoms with Gasteiger partial charge in [0, 0.05) is 17.0 Å². The van der Waals surface area contributed by atoms with Gasteiger partial charge in [0.15, 0.2) is 9.84 Å². The van der Waals surface area contributed by atoms with Crippen LogP contribution in [-0.4, -0.2) is 37.3 Å². The lowest BCUT2D eigenvalue weighted by Crippen LogP contribution is -2.50. The molecule has 2 aromatic rings. The van der Waals surface area contributed by atoms with Crippen LogP contribution in [0.3, 0.4) is 0 Å². The molecule has 2 aliphatic heterocycles. The summed E-state index contributed by atoms with van der Waals surface area (Å²) in [4.78, 5) is 28.8. The summed E-state index contributed by atoms with van der Waals surface area (Å²) in [6.07, 6.45) is 0.498. The molecule has 29 heavy (non-hydrogen) atoms. The van der Waals surface area contributed by atoms with Crippen LogP contribution < -0.4 is 10.2 Å². The van der Waals surface area contributed by atoms with E-state index in [0.717, 1.165) is 16.1 Å². The largest absolute Gasteiger partial charge is 0.350 e. The number of amides is 2. The molecule has 3 atom stereocenters. The lowest BCUT2D eigenvalue weighted by atomic mass is 9.94. The molecule has 154 valence electrons. The number of aryl methyl sites for hydroxylation is 1. The molecule has 2 fully saturated rings. The maximum Gasteiger partial charge on any atom is 0.228 e. The molecule has 4 rings (SSSR count). The second-order valence-corrected chi connectivity index (χ2v) is 11.4. The molecular weight excluding hydrogens is 408 g/mol. The van der Waals surface area contributed by atoms with E-state index in [1.165, 1.54) is 11.3 Å². The molecule has 0 spiro atoms. The zero-order valence-electron chi connectivity index (χ0n) is 16.4. The zero-order chi connectivity index (χ0) is 20.8. The van der Waals surface area contributed by atoms with E-state index < -0.39 is 27.3 Å². The van der Waals surface area contributed by atoms with Gasteiger partial charge in [-0.3, -0.25) is 9.59 Å². The molecule has 0 unspecified atom stereocenters. The molecule has 2 amide bonds. The highest BCUT2D eigenvalue weighted by atomic mass is 32.2. The van der Waals surface area contributed by atoms with Crippen molar-refractivity contribution in [2.24, 2.45) is 5.92 Å². The van der Waals surface area contributed by atoms with Crippen LogP contribution in [0.2, 0.25) is 0 Å². The number of nitrogens with one attached hydrogen (secondary N) is 1. The number of carbonyl (C=O) groups is 2. The molecule has 0 bridgehead atoms. The summed E-state index contributed by atoms with van der Waals surface area (Å²) in [6.45, 7) is 3.75. The molecule has 1 N–H and O–H groups in total. The van der Waals surface area contributed by atoms with E-state index >= 15 is 0 Å². The van der Waals surface area contributed by atoms with Crippen molar-refractivity contribution in [2.75, 3.05) is 16.4 Å². The van der Waals surface area contributed by atoms with Crippen LogP contribution in [-0.2, 0) is 19.4 Å². The standard InChI is InChI=1S/C21H24N2O4S2/c1-14-5-7-15(8-6-14)23-18(24)12-16(19(23)17-4-3-10-28-17)20(25)22-21(2)9-11-29(26,27)13-21/h3-8,10,16,19H,9,11-13H2,1-2H3,(H,22,25)/t16-,19-,21+/m0/s1. The van der Waals surface area contributed by atoms with Crippen LogP contribution in [0, 0.1) is 12.8 Å². The molecule has 1 aromatic carbocycles. The van der Waals surface area contributed by atoms with Crippen molar-refractivity contribution in [3.05, 3.63) is 52.2 Å². The number of rotatable bonds is 4. The first kappa shape index (κ1) is 20.1. The quantitative estimate of drug-likeness (QED) is 0.805. The first-order valence-electron chi connectivity index (χ1n) is 9.62. The number of benzene rings is 1. The van der Waals surface area contributed by atoms with E-state index in [0.29, 0.717) is 6.42 Å². The number of carbonyl (C=O) groups excluding carboxylic acids is 2. The second kappa shape index (κ2) is 7.25. The molecular formula is C21H24N2O4S2. The first-order chi connectivity index (χ1) is 13.7. The van der Waals surface area contributed by atoms with Gasteiger partial charge >= 0.3 is 0 Å².